The number of hydrogen-bond acceptors (Lipinski definition) is 3. The molecule has 1 aliphatic heterocycles. The van der Waals surface area contributed by atoms with Crippen molar-refractivity contribution in [1.82, 2.24) is 5.32 Å². The van der Waals surface area contributed by atoms with Crippen molar-refractivity contribution in [1.29, 1.82) is 0 Å². The summed E-state index contributed by atoms with van der Waals surface area (Å²) in [4.78, 5) is 9.00. The van der Waals surface area contributed by atoms with E-state index in [0.29, 0.717) is 5.75 Å². The lowest BCUT2D eigenvalue weighted by atomic mass is 10.0. The van der Waals surface area contributed by atoms with Gasteiger partial charge in [-0.1, -0.05) is 12.1 Å². The van der Waals surface area contributed by atoms with Crippen molar-refractivity contribution in [2.75, 3.05) is 6.54 Å². The van der Waals surface area contributed by atoms with Crippen LogP contribution in [-0.4, -0.2) is 22.7 Å². The minimum absolute atomic E-state index is 0.241. The molecule has 0 bridgehead atoms. The third kappa shape index (κ3) is 3.40. The molecule has 0 amide bonds. The Bertz CT molecular complexity index is 377. The van der Waals surface area contributed by atoms with Crippen LogP contribution < -0.4 is 5.32 Å². The van der Waals surface area contributed by atoms with Gasteiger partial charge >= 0.3 is 0 Å². The molecule has 0 aromatic heterocycles. The highest BCUT2D eigenvalue weighted by atomic mass is 35.5. The second-order valence-electron chi connectivity index (χ2n) is 3.44. The maximum absolute atomic E-state index is 9.50. The molecule has 0 fully saturated rings. The summed E-state index contributed by atoms with van der Waals surface area (Å²) < 4.78 is 0. The number of hydrogen-bond donors (Lipinski definition) is 3. The average Bonchev–Trinajstić information content (AvgIpc) is 2.17. The van der Waals surface area contributed by atoms with E-state index in [1.807, 2.05) is 12.1 Å². The highest BCUT2D eigenvalue weighted by Gasteiger charge is 2.19. The third-order valence-electron chi connectivity index (χ3n) is 2.14. The molecule has 3 N–H and O–H groups in total. The first kappa shape index (κ1) is 12.8. The molecule has 0 spiro atoms. The van der Waals surface area contributed by atoms with Crippen LogP contribution >= 0.6 is 11.6 Å². The molecular formula is C11H14ClNO3. The molecule has 4 nitrogen and oxygen atoms in total. The molecule has 2 rings (SSSR count). The summed E-state index contributed by atoms with van der Waals surface area (Å²) in [6.07, 6.45) is 0.937. The predicted octanol–water partition coefficient (Wildman–Crippen LogP) is 1.87. The Hall–Kier alpha value is -1.26. The topological polar surface area (TPSA) is 69.6 Å². The average molecular weight is 244 g/mol. The zero-order valence-electron chi connectivity index (χ0n) is 8.90. The molecule has 0 radical (unpaired) electrons. The molecule has 5 heteroatoms. The molecule has 0 aliphatic carbocycles. The fraction of sp³-hybridized carbons (Fsp3) is 0.364. The van der Waals surface area contributed by atoms with Gasteiger partial charge < -0.3 is 10.2 Å². The van der Waals surface area contributed by atoms with E-state index in [-0.39, 0.29) is 5.50 Å². The van der Waals surface area contributed by atoms with Gasteiger partial charge in [0.1, 0.15) is 11.3 Å². The van der Waals surface area contributed by atoms with E-state index in [1.54, 1.807) is 6.07 Å². The minimum Gasteiger partial charge on any atom is -0.508 e. The number of phenolic OH excluding ortho intramolecular Hbond substituents is 1. The number of aromatic hydroxyl groups is 1. The van der Waals surface area contributed by atoms with E-state index in [0.717, 1.165) is 31.0 Å². The second-order valence-corrected chi connectivity index (χ2v) is 3.87. The highest BCUT2D eigenvalue weighted by molar-refractivity contribution is 6.21. The maximum atomic E-state index is 9.50. The molecule has 16 heavy (non-hydrogen) atoms. The fourth-order valence-electron chi connectivity index (χ4n) is 1.55. The van der Waals surface area contributed by atoms with Crippen molar-refractivity contribution < 1.29 is 15.0 Å². The van der Waals surface area contributed by atoms with Gasteiger partial charge in [-0.2, -0.15) is 0 Å². The first-order valence-electron chi connectivity index (χ1n) is 4.90. The SMILES string of the molecule is CC(=O)O.Oc1cccc2c1C(Cl)NCC2. The summed E-state index contributed by atoms with van der Waals surface area (Å²) in [6.45, 7) is 1.96. The predicted molar refractivity (Wildman–Crippen MR) is 61.7 cm³/mol. The van der Waals surface area contributed by atoms with E-state index in [9.17, 15) is 5.11 Å². The van der Waals surface area contributed by atoms with E-state index in [2.05, 4.69) is 5.32 Å². The van der Waals surface area contributed by atoms with Crippen molar-refractivity contribution in [3.05, 3.63) is 29.3 Å². The number of carboxylic acid groups (broad SMARTS) is 1. The zero-order chi connectivity index (χ0) is 12.1. The molecule has 1 unspecified atom stereocenters. The Morgan fingerprint density at radius 2 is 2.19 bits per heavy atom. The zero-order valence-corrected chi connectivity index (χ0v) is 9.66. The van der Waals surface area contributed by atoms with Gasteiger partial charge in [0.25, 0.3) is 5.97 Å². The van der Waals surface area contributed by atoms with E-state index in [4.69, 9.17) is 21.5 Å². The molecule has 0 saturated heterocycles. The van der Waals surface area contributed by atoms with Crippen LogP contribution in [0.1, 0.15) is 23.6 Å². The van der Waals surface area contributed by atoms with Crippen LogP contribution in [0.3, 0.4) is 0 Å². The third-order valence-corrected chi connectivity index (χ3v) is 2.52. The van der Waals surface area contributed by atoms with Crippen LogP contribution in [0.25, 0.3) is 0 Å². The van der Waals surface area contributed by atoms with Crippen LogP contribution in [0.2, 0.25) is 0 Å². The maximum Gasteiger partial charge on any atom is 0.300 e. The fourth-order valence-corrected chi connectivity index (χ4v) is 1.91. The number of fused-ring (bicyclic) bond motifs is 1. The Morgan fingerprint density at radius 3 is 2.75 bits per heavy atom. The van der Waals surface area contributed by atoms with Crippen molar-refractivity contribution in [2.24, 2.45) is 0 Å². The quantitative estimate of drug-likeness (QED) is 0.481. The van der Waals surface area contributed by atoms with Crippen LogP contribution in [0, 0.1) is 0 Å². The number of alkyl halides is 1. The summed E-state index contributed by atoms with van der Waals surface area (Å²) in [6, 6.07) is 5.52. The Labute approximate surface area is 98.9 Å². The summed E-state index contributed by atoms with van der Waals surface area (Å²) in [5.74, 6) is -0.542. The standard InChI is InChI=1S/C9H10ClNO.C2H4O2/c10-9-8-6(4-5-11-9)2-1-3-7(8)12;1-2(3)4/h1-3,9,11-12H,4-5H2;1H3,(H,3,4). The number of carboxylic acids is 1. The molecule has 1 heterocycles. The Kier molecular flexibility index (Phi) is 4.58. The van der Waals surface area contributed by atoms with Gasteiger partial charge in [0.15, 0.2) is 0 Å². The number of phenols is 1. The minimum atomic E-state index is -0.833. The lowest BCUT2D eigenvalue weighted by Gasteiger charge is -2.22. The number of carbonyl (C=O) groups is 1. The molecular weight excluding hydrogens is 230 g/mol. The first-order chi connectivity index (χ1) is 7.52. The normalized spacial score (nSPS) is 18.0. The Morgan fingerprint density at radius 1 is 1.56 bits per heavy atom. The molecule has 1 aromatic carbocycles. The van der Waals surface area contributed by atoms with Crippen LogP contribution in [0.5, 0.6) is 5.75 Å². The van der Waals surface area contributed by atoms with Gasteiger partial charge in [-0.05, 0) is 18.1 Å². The smallest absolute Gasteiger partial charge is 0.300 e. The van der Waals surface area contributed by atoms with Crippen molar-refractivity contribution in [2.45, 2.75) is 18.8 Å². The molecule has 1 aromatic rings. The van der Waals surface area contributed by atoms with E-state index in [1.165, 1.54) is 0 Å². The summed E-state index contributed by atoms with van der Waals surface area (Å²) in [7, 11) is 0. The largest absolute Gasteiger partial charge is 0.508 e. The van der Waals surface area contributed by atoms with E-state index >= 15 is 0 Å². The second kappa shape index (κ2) is 5.72. The monoisotopic (exact) mass is 243 g/mol. The Balaban J connectivity index is 0.000000280. The number of aliphatic carboxylic acids is 1. The van der Waals surface area contributed by atoms with Crippen LogP contribution in [-0.2, 0) is 11.2 Å². The molecule has 1 aliphatic rings. The number of halogens is 1. The van der Waals surface area contributed by atoms with Crippen LogP contribution in [0.15, 0.2) is 18.2 Å². The van der Waals surface area contributed by atoms with E-state index < -0.39 is 5.97 Å². The molecule has 0 saturated carbocycles. The number of nitrogens with one attached hydrogen (secondary N) is 1. The summed E-state index contributed by atoms with van der Waals surface area (Å²) in [5, 5.41) is 20.0. The number of benzene rings is 1. The lowest BCUT2D eigenvalue weighted by molar-refractivity contribution is -0.134. The van der Waals surface area contributed by atoms with Crippen molar-refractivity contribution in [3.63, 3.8) is 0 Å². The van der Waals surface area contributed by atoms with Gasteiger partial charge in [-0.15, -0.1) is 11.6 Å². The molecule has 1 atom stereocenters. The van der Waals surface area contributed by atoms with Gasteiger partial charge in [-0.25, -0.2) is 0 Å². The molecule has 88 valence electrons. The first-order valence-corrected chi connectivity index (χ1v) is 5.33. The van der Waals surface area contributed by atoms with Crippen molar-refractivity contribution in [3.8, 4) is 5.75 Å². The van der Waals surface area contributed by atoms with Gasteiger partial charge in [0.05, 0.1) is 0 Å². The van der Waals surface area contributed by atoms with Gasteiger partial charge in [-0.3, -0.25) is 10.1 Å². The highest BCUT2D eigenvalue weighted by Crippen LogP contribution is 2.32. The van der Waals surface area contributed by atoms with Gasteiger partial charge in [0, 0.05) is 19.0 Å². The summed E-state index contributed by atoms with van der Waals surface area (Å²) >= 11 is 5.98. The van der Waals surface area contributed by atoms with Crippen molar-refractivity contribution >= 4 is 17.6 Å². The van der Waals surface area contributed by atoms with Gasteiger partial charge in [0.2, 0.25) is 0 Å². The number of rotatable bonds is 0. The summed E-state index contributed by atoms with van der Waals surface area (Å²) in [5.41, 5.74) is 1.74. The van der Waals surface area contributed by atoms with Crippen LogP contribution in [0.4, 0.5) is 0 Å². The lowest BCUT2D eigenvalue weighted by Crippen LogP contribution is -2.26.